The summed E-state index contributed by atoms with van der Waals surface area (Å²) in [6, 6.07) is 2.97. The van der Waals surface area contributed by atoms with Crippen molar-refractivity contribution in [1.29, 1.82) is 0 Å². The molecular weight excluding hydrogens is 206 g/mol. The Morgan fingerprint density at radius 3 is 1.86 bits per heavy atom. The molecule has 0 aromatic heterocycles. The molecule has 1 aromatic rings. The molecule has 0 atom stereocenters. The van der Waals surface area contributed by atoms with Gasteiger partial charge in [-0.25, -0.2) is 0 Å². The molecule has 1 rings (SSSR count). The Morgan fingerprint density at radius 2 is 1.57 bits per heavy atom. The van der Waals surface area contributed by atoms with E-state index >= 15 is 0 Å². The number of rotatable bonds is 3. The molecule has 0 bridgehead atoms. The minimum absolute atomic E-state index is 0.166. The van der Waals surface area contributed by atoms with E-state index in [-0.39, 0.29) is 17.0 Å². The van der Waals surface area contributed by atoms with Gasteiger partial charge in [-0.15, -0.1) is 0 Å². The van der Waals surface area contributed by atoms with Gasteiger partial charge in [-0.1, -0.05) is 11.6 Å². The molecule has 0 saturated carbocycles. The highest BCUT2D eigenvalue weighted by atomic mass is 35.5. The summed E-state index contributed by atoms with van der Waals surface area (Å²) in [7, 11) is 1.17. The van der Waals surface area contributed by atoms with Crippen molar-refractivity contribution in [3.05, 3.63) is 17.2 Å². The predicted octanol–water partition coefficient (Wildman–Crippen LogP) is 0.0370. The molecular formula is C8H10BClO4. The van der Waals surface area contributed by atoms with Crippen LogP contribution >= 0.6 is 11.6 Å². The molecule has 0 spiro atoms. The van der Waals surface area contributed by atoms with E-state index in [0.717, 1.165) is 0 Å². The molecule has 6 heteroatoms. The Hall–Kier alpha value is -0.905. The number of benzene rings is 1. The Kier molecular flexibility index (Phi) is 3.63. The molecule has 14 heavy (non-hydrogen) atoms. The van der Waals surface area contributed by atoms with Gasteiger partial charge in [-0.05, 0) is 12.1 Å². The average molecular weight is 216 g/mol. The number of halogens is 1. The number of hydrogen-bond donors (Lipinski definition) is 2. The van der Waals surface area contributed by atoms with E-state index in [1.807, 2.05) is 0 Å². The second kappa shape index (κ2) is 4.55. The zero-order chi connectivity index (χ0) is 10.7. The van der Waals surface area contributed by atoms with Gasteiger partial charge in [0.15, 0.2) is 0 Å². The van der Waals surface area contributed by atoms with Gasteiger partial charge in [0.25, 0.3) is 0 Å². The standard InChI is InChI=1S/C8H10BClO4/c1-13-6-3-5(10)4-7(14-2)8(6)9(11)12/h3-4,11-12H,1-2H3. The van der Waals surface area contributed by atoms with Crippen molar-refractivity contribution in [2.75, 3.05) is 14.2 Å². The summed E-state index contributed by atoms with van der Waals surface area (Å²) in [6.07, 6.45) is 0. The highest BCUT2D eigenvalue weighted by molar-refractivity contribution is 6.61. The van der Waals surface area contributed by atoms with Crippen LogP contribution in [0.1, 0.15) is 0 Å². The summed E-state index contributed by atoms with van der Waals surface area (Å²) in [5.41, 5.74) is 0.166. The second-order valence-electron chi connectivity index (χ2n) is 2.60. The van der Waals surface area contributed by atoms with E-state index < -0.39 is 7.12 Å². The van der Waals surface area contributed by atoms with Gasteiger partial charge < -0.3 is 19.5 Å². The minimum atomic E-state index is -1.66. The first-order chi connectivity index (χ1) is 6.60. The lowest BCUT2D eigenvalue weighted by molar-refractivity contribution is 0.385. The number of hydrogen-bond acceptors (Lipinski definition) is 4. The summed E-state index contributed by atoms with van der Waals surface area (Å²) in [5.74, 6) is 0.564. The third-order valence-electron chi connectivity index (χ3n) is 1.77. The van der Waals surface area contributed by atoms with Crippen LogP contribution < -0.4 is 14.9 Å². The maximum atomic E-state index is 9.09. The smallest absolute Gasteiger partial charge is 0.496 e. The van der Waals surface area contributed by atoms with Crippen LogP contribution in [0.15, 0.2) is 12.1 Å². The lowest BCUT2D eigenvalue weighted by Crippen LogP contribution is -2.32. The van der Waals surface area contributed by atoms with Crippen molar-refractivity contribution >= 4 is 24.2 Å². The molecule has 0 heterocycles. The minimum Gasteiger partial charge on any atom is -0.497 e. The van der Waals surface area contributed by atoms with E-state index in [4.69, 9.17) is 31.1 Å². The van der Waals surface area contributed by atoms with Crippen LogP contribution in [-0.2, 0) is 0 Å². The van der Waals surface area contributed by atoms with Gasteiger partial charge in [0, 0.05) is 5.02 Å². The molecule has 2 N–H and O–H groups in total. The fraction of sp³-hybridized carbons (Fsp3) is 0.250. The Morgan fingerprint density at radius 1 is 1.14 bits per heavy atom. The number of ether oxygens (including phenoxy) is 2. The lowest BCUT2D eigenvalue weighted by Gasteiger charge is -2.12. The first-order valence-electron chi connectivity index (χ1n) is 3.87. The second-order valence-corrected chi connectivity index (χ2v) is 3.03. The highest BCUT2D eigenvalue weighted by Crippen LogP contribution is 2.23. The third kappa shape index (κ3) is 2.12. The highest BCUT2D eigenvalue weighted by Gasteiger charge is 2.23. The molecule has 1 aromatic carbocycles. The van der Waals surface area contributed by atoms with Crippen molar-refractivity contribution in [2.45, 2.75) is 0 Å². The van der Waals surface area contributed by atoms with Crippen molar-refractivity contribution in [3.63, 3.8) is 0 Å². The molecule has 0 radical (unpaired) electrons. The molecule has 4 nitrogen and oxygen atoms in total. The normalized spacial score (nSPS) is 9.79. The quantitative estimate of drug-likeness (QED) is 0.700. The van der Waals surface area contributed by atoms with Crippen LogP contribution in [0.25, 0.3) is 0 Å². The summed E-state index contributed by atoms with van der Waals surface area (Å²) in [5, 5.41) is 18.6. The fourth-order valence-corrected chi connectivity index (χ4v) is 1.36. The maximum absolute atomic E-state index is 9.09. The van der Waals surface area contributed by atoms with Crippen molar-refractivity contribution in [1.82, 2.24) is 0 Å². The monoisotopic (exact) mass is 216 g/mol. The average Bonchev–Trinajstić information content (AvgIpc) is 2.15. The summed E-state index contributed by atoms with van der Waals surface area (Å²) in [6.45, 7) is 0. The Bertz CT molecular complexity index is 304. The van der Waals surface area contributed by atoms with Crippen molar-refractivity contribution < 1.29 is 19.5 Å². The molecule has 0 aliphatic heterocycles. The van der Waals surface area contributed by atoms with Crippen molar-refractivity contribution in [2.24, 2.45) is 0 Å². The van der Waals surface area contributed by atoms with Crippen molar-refractivity contribution in [3.8, 4) is 11.5 Å². The molecule has 0 unspecified atom stereocenters. The largest absolute Gasteiger partial charge is 0.497 e. The SMILES string of the molecule is COc1cc(Cl)cc(OC)c1B(O)O. The molecule has 0 aliphatic carbocycles. The van der Waals surface area contributed by atoms with Gasteiger partial charge in [0.05, 0.1) is 19.7 Å². The van der Waals surface area contributed by atoms with Crippen LogP contribution in [0.3, 0.4) is 0 Å². The van der Waals surface area contributed by atoms with Gasteiger partial charge in [-0.2, -0.15) is 0 Å². The zero-order valence-corrected chi connectivity index (χ0v) is 8.58. The Labute approximate surface area is 87.2 Å². The summed E-state index contributed by atoms with van der Waals surface area (Å²) >= 11 is 5.76. The van der Waals surface area contributed by atoms with Gasteiger partial charge in [0.2, 0.25) is 0 Å². The maximum Gasteiger partial charge on any atom is 0.496 e. The van der Waals surface area contributed by atoms with Crippen LogP contribution in [0.2, 0.25) is 5.02 Å². The molecule has 0 aliphatic rings. The molecule has 0 amide bonds. The Balaban J connectivity index is 3.33. The lowest BCUT2D eigenvalue weighted by atomic mass is 9.78. The van der Waals surface area contributed by atoms with Gasteiger partial charge in [0.1, 0.15) is 11.5 Å². The first kappa shape index (κ1) is 11.2. The topological polar surface area (TPSA) is 58.9 Å². The fourth-order valence-electron chi connectivity index (χ4n) is 1.16. The zero-order valence-electron chi connectivity index (χ0n) is 7.82. The third-order valence-corrected chi connectivity index (χ3v) is 1.99. The summed E-state index contributed by atoms with van der Waals surface area (Å²) < 4.78 is 9.89. The van der Waals surface area contributed by atoms with Crippen LogP contribution in [0.5, 0.6) is 11.5 Å². The molecule has 0 saturated heterocycles. The van der Waals surface area contributed by atoms with Gasteiger partial charge in [-0.3, -0.25) is 0 Å². The van der Waals surface area contributed by atoms with E-state index in [1.54, 1.807) is 0 Å². The van der Waals surface area contributed by atoms with E-state index in [1.165, 1.54) is 26.4 Å². The van der Waals surface area contributed by atoms with Gasteiger partial charge >= 0.3 is 7.12 Å². The predicted molar refractivity (Wildman–Crippen MR) is 54.4 cm³/mol. The molecule has 0 fully saturated rings. The van der Waals surface area contributed by atoms with Crippen LogP contribution in [0, 0.1) is 0 Å². The molecule has 76 valence electrons. The van der Waals surface area contributed by atoms with E-state index in [2.05, 4.69) is 0 Å². The summed E-state index contributed by atoms with van der Waals surface area (Å²) in [4.78, 5) is 0. The van der Waals surface area contributed by atoms with Crippen LogP contribution in [-0.4, -0.2) is 31.4 Å². The first-order valence-corrected chi connectivity index (χ1v) is 4.25. The van der Waals surface area contributed by atoms with Crippen LogP contribution in [0.4, 0.5) is 0 Å². The number of methoxy groups -OCH3 is 2. The van der Waals surface area contributed by atoms with E-state index in [0.29, 0.717) is 5.02 Å². The van der Waals surface area contributed by atoms with E-state index in [9.17, 15) is 0 Å².